The Labute approximate surface area is 181 Å². The van der Waals surface area contributed by atoms with Crippen LogP contribution in [0.2, 0.25) is 0 Å². The lowest BCUT2D eigenvalue weighted by Gasteiger charge is -2.08. The van der Waals surface area contributed by atoms with E-state index >= 15 is 0 Å². The van der Waals surface area contributed by atoms with Crippen LogP contribution in [0, 0.1) is 6.92 Å². The van der Waals surface area contributed by atoms with Gasteiger partial charge in [-0.15, -0.1) is 21.5 Å². The minimum atomic E-state index is -0.565. The van der Waals surface area contributed by atoms with Crippen molar-refractivity contribution in [3.8, 4) is 11.4 Å². The second-order valence-electron chi connectivity index (χ2n) is 6.13. The number of esters is 2. The van der Waals surface area contributed by atoms with Crippen molar-refractivity contribution in [1.29, 1.82) is 0 Å². The van der Waals surface area contributed by atoms with Gasteiger partial charge in [-0.05, 0) is 26.8 Å². The van der Waals surface area contributed by atoms with Crippen molar-refractivity contribution < 1.29 is 23.5 Å². The van der Waals surface area contributed by atoms with Crippen LogP contribution in [0.25, 0.3) is 11.4 Å². The van der Waals surface area contributed by atoms with E-state index in [1.807, 2.05) is 24.6 Å². The average molecular weight is 451 g/mol. The zero-order chi connectivity index (χ0) is 21.8. The van der Waals surface area contributed by atoms with Crippen LogP contribution in [0.1, 0.15) is 45.2 Å². The van der Waals surface area contributed by atoms with Crippen LogP contribution in [-0.4, -0.2) is 39.9 Å². The van der Waals surface area contributed by atoms with Crippen LogP contribution in [0.4, 0.5) is 5.00 Å². The van der Waals surface area contributed by atoms with Gasteiger partial charge in [-0.1, -0.05) is 11.8 Å². The molecule has 3 aromatic rings. The Bertz CT molecular complexity index is 1070. The normalized spacial score (nSPS) is 10.9. The Morgan fingerprint density at radius 1 is 1.23 bits per heavy atom. The van der Waals surface area contributed by atoms with Crippen molar-refractivity contribution in [2.45, 2.75) is 31.7 Å². The van der Waals surface area contributed by atoms with E-state index in [1.54, 1.807) is 20.1 Å². The van der Waals surface area contributed by atoms with Gasteiger partial charge in [0.2, 0.25) is 0 Å². The SMILES string of the molecule is CCOC(=O)c1sc(N)c(C(=O)OCC)c1CSc1nnc(-c2ccoc2C)n1C. The zero-order valence-corrected chi connectivity index (χ0v) is 18.7. The number of furan rings is 1. The van der Waals surface area contributed by atoms with Gasteiger partial charge in [-0.3, -0.25) is 0 Å². The molecular formula is C19H22N4O5S2. The van der Waals surface area contributed by atoms with Gasteiger partial charge in [-0.2, -0.15) is 0 Å². The number of ether oxygens (including phenoxy) is 2. The molecule has 0 spiro atoms. The molecule has 0 aliphatic heterocycles. The van der Waals surface area contributed by atoms with E-state index in [-0.39, 0.29) is 34.4 Å². The molecule has 3 aromatic heterocycles. The number of nitrogens with two attached hydrogens (primary N) is 1. The second kappa shape index (κ2) is 9.35. The second-order valence-corrected chi connectivity index (χ2v) is 8.13. The topological polar surface area (TPSA) is 122 Å². The summed E-state index contributed by atoms with van der Waals surface area (Å²) >= 11 is 2.35. The van der Waals surface area contributed by atoms with Crippen molar-refractivity contribution in [3.05, 3.63) is 34.1 Å². The molecule has 0 radical (unpaired) electrons. The van der Waals surface area contributed by atoms with Crippen LogP contribution in [0.3, 0.4) is 0 Å². The third-order valence-corrected chi connectivity index (χ3v) is 6.34. The lowest BCUT2D eigenvalue weighted by molar-refractivity contribution is 0.0527. The number of anilines is 1. The molecule has 0 saturated heterocycles. The molecule has 0 unspecified atom stereocenters. The van der Waals surface area contributed by atoms with Crippen molar-refractivity contribution in [2.24, 2.45) is 7.05 Å². The maximum atomic E-state index is 12.5. The summed E-state index contributed by atoms with van der Waals surface area (Å²) in [7, 11) is 1.84. The number of carbonyl (C=O) groups is 2. The third kappa shape index (κ3) is 4.21. The fourth-order valence-electron chi connectivity index (χ4n) is 2.84. The van der Waals surface area contributed by atoms with Crippen LogP contribution >= 0.6 is 23.1 Å². The number of hydrogen-bond donors (Lipinski definition) is 1. The minimum Gasteiger partial charge on any atom is -0.469 e. The van der Waals surface area contributed by atoms with Gasteiger partial charge >= 0.3 is 11.9 Å². The molecule has 0 aliphatic carbocycles. The molecule has 0 saturated carbocycles. The van der Waals surface area contributed by atoms with Gasteiger partial charge in [-0.25, -0.2) is 9.59 Å². The highest BCUT2D eigenvalue weighted by Gasteiger charge is 2.28. The first kappa shape index (κ1) is 21.9. The van der Waals surface area contributed by atoms with E-state index in [2.05, 4.69) is 10.2 Å². The number of aryl methyl sites for hydroxylation is 1. The Kier molecular flexibility index (Phi) is 6.83. The molecule has 3 heterocycles. The summed E-state index contributed by atoms with van der Waals surface area (Å²) in [6, 6.07) is 1.82. The van der Waals surface area contributed by atoms with E-state index < -0.39 is 11.9 Å². The van der Waals surface area contributed by atoms with E-state index in [0.717, 1.165) is 22.7 Å². The molecule has 0 atom stereocenters. The molecule has 30 heavy (non-hydrogen) atoms. The molecule has 9 nitrogen and oxygen atoms in total. The molecule has 11 heteroatoms. The third-order valence-electron chi connectivity index (χ3n) is 4.25. The summed E-state index contributed by atoms with van der Waals surface area (Å²) < 4.78 is 17.4. The first-order valence-corrected chi connectivity index (χ1v) is 11.0. The predicted octanol–water partition coefficient (Wildman–Crippen LogP) is 3.67. The van der Waals surface area contributed by atoms with Gasteiger partial charge in [0.1, 0.15) is 15.6 Å². The number of thioether (sulfide) groups is 1. The lowest BCUT2D eigenvalue weighted by atomic mass is 10.1. The van der Waals surface area contributed by atoms with Crippen LogP contribution < -0.4 is 5.73 Å². The fourth-order valence-corrected chi connectivity index (χ4v) is 4.84. The summed E-state index contributed by atoms with van der Waals surface area (Å²) in [5.41, 5.74) is 7.57. The Morgan fingerprint density at radius 2 is 1.93 bits per heavy atom. The van der Waals surface area contributed by atoms with E-state index in [9.17, 15) is 9.59 Å². The summed E-state index contributed by atoms with van der Waals surface area (Å²) in [5, 5.41) is 9.30. The number of rotatable bonds is 8. The summed E-state index contributed by atoms with van der Waals surface area (Å²) in [5.74, 6) is 0.580. The van der Waals surface area contributed by atoms with Gasteiger partial charge < -0.3 is 24.2 Å². The quantitative estimate of drug-likeness (QED) is 0.404. The molecule has 2 N–H and O–H groups in total. The number of hydrogen-bond acceptors (Lipinski definition) is 10. The van der Waals surface area contributed by atoms with Gasteiger partial charge in [0, 0.05) is 18.4 Å². The van der Waals surface area contributed by atoms with Crippen molar-refractivity contribution in [3.63, 3.8) is 0 Å². The standard InChI is InChI=1S/C19H22N4O5S2/c1-5-26-17(24)13-12(14(30-15(13)20)18(25)27-6-2)9-29-19-22-21-16(23(19)4)11-7-8-28-10(11)3/h7-8H,5-6,9,20H2,1-4H3. The minimum absolute atomic E-state index is 0.200. The average Bonchev–Trinajstić information content (AvgIpc) is 3.37. The molecular weight excluding hydrogens is 428 g/mol. The first-order chi connectivity index (χ1) is 14.4. The number of carbonyl (C=O) groups excluding carboxylic acids is 2. The van der Waals surface area contributed by atoms with Crippen molar-refractivity contribution >= 4 is 40.0 Å². The highest BCUT2D eigenvalue weighted by Crippen LogP contribution is 2.37. The molecule has 0 amide bonds. The molecule has 0 bridgehead atoms. The monoisotopic (exact) mass is 450 g/mol. The number of nitrogens with zero attached hydrogens (tertiary/aromatic N) is 3. The smallest absolute Gasteiger partial charge is 0.348 e. The highest BCUT2D eigenvalue weighted by atomic mass is 32.2. The summed E-state index contributed by atoms with van der Waals surface area (Å²) in [4.78, 5) is 25.2. The summed E-state index contributed by atoms with van der Waals surface area (Å²) in [6.07, 6.45) is 1.59. The first-order valence-electron chi connectivity index (χ1n) is 9.20. The van der Waals surface area contributed by atoms with Crippen LogP contribution in [-0.2, 0) is 22.3 Å². The van der Waals surface area contributed by atoms with Crippen molar-refractivity contribution in [1.82, 2.24) is 14.8 Å². The number of aromatic nitrogens is 3. The van der Waals surface area contributed by atoms with Crippen LogP contribution in [0.15, 0.2) is 21.9 Å². The molecule has 3 rings (SSSR count). The maximum Gasteiger partial charge on any atom is 0.348 e. The fraction of sp³-hybridized carbons (Fsp3) is 0.368. The van der Waals surface area contributed by atoms with Crippen molar-refractivity contribution in [2.75, 3.05) is 18.9 Å². The molecule has 0 aromatic carbocycles. The zero-order valence-electron chi connectivity index (χ0n) is 17.1. The van der Waals surface area contributed by atoms with Crippen LogP contribution in [0.5, 0.6) is 0 Å². The molecule has 0 aliphatic rings. The Morgan fingerprint density at radius 3 is 2.57 bits per heavy atom. The predicted molar refractivity (Wildman–Crippen MR) is 114 cm³/mol. The Balaban J connectivity index is 1.92. The highest BCUT2D eigenvalue weighted by molar-refractivity contribution is 7.98. The van der Waals surface area contributed by atoms with Gasteiger partial charge in [0.15, 0.2) is 11.0 Å². The summed E-state index contributed by atoms with van der Waals surface area (Å²) in [6.45, 7) is 5.69. The molecule has 0 fully saturated rings. The number of thiophene rings is 1. The van der Waals surface area contributed by atoms with E-state index in [0.29, 0.717) is 16.5 Å². The Hall–Kier alpha value is -2.79. The maximum absolute atomic E-state index is 12.5. The van der Waals surface area contributed by atoms with Gasteiger partial charge in [0.05, 0.1) is 30.6 Å². The van der Waals surface area contributed by atoms with E-state index in [1.165, 1.54) is 11.8 Å². The van der Waals surface area contributed by atoms with E-state index in [4.69, 9.17) is 19.6 Å². The van der Waals surface area contributed by atoms with Gasteiger partial charge in [0.25, 0.3) is 0 Å². The largest absolute Gasteiger partial charge is 0.469 e. The lowest BCUT2D eigenvalue weighted by Crippen LogP contribution is -2.11. The number of nitrogen functional groups attached to an aromatic ring is 1. The molecule has 160 valence electrons.